The molecule has 0 aromatic rings. The molecular weight excluding hydrogens is 528 g/mol. The van der Waals surface area contributed by atoms with Gasteiger partial charge in [-0.3, -0.25) is 9.59 Å². The average Bonchev–Trinajstić information content (AvgIpc) is 2.99. The van der Waals surface area contributed by atoms with E-state index in [2.05, 4.69) is 18.6 Å². The van der Waals surface area contributed by atoms with Crippen LogP contribution >= 0.6 is 0 Å². The summed E-state index contributed by atoms with van der Waals surface area (Å²) in [6, 6.07) is 0. The summed E-state index contributed by atoms with van der Waals surface area (Å²) in [5.74, 6) is -1.80. The molecular formula is C36H67O6. The van der Waals surface area contributed by atoms with Crippen LogP contribution in [0.5, 0.6) is 0 Å². The van der Waals surface area contributed by atoms with Gasteiger partial charge in [0.05, 0.1) is 19.6 Å². The molecule has 0 amide bonds. The van der Waals surface area contributed by atoms with Crippen molar-refractivity contribution in [3.05, 3.63) is 0 Å². The monoisotopic (exact) mass is 595 g/mol. The normalized spacial score (nSPS) is 11.8. The Morgan fingerprint density at radius 2 is 0.833 bits per heavy atom. The number of esters is 2. The van der Waals surface area contributed by atoms with Gasteiger partial charge in [-0.15, -0.1) is 0 Å². The number of unbranched alkanes of at least 4 members (excludes halogenated alkanes) is 24. The van der Waals surface area contributed by atoms with Gasteiger partial charge in [0.25, 0.3) is 0 Å². The fourth-order valence-corrected chi connectivity index (χ4v) is 5.32. The van der Waals surface area contributed by atoms with Crippen molar-refractivity contribution >= 4 is 18.4 Å². The molecule has 0 N–H and O–H groups in total. The van der Waals surface area contributed by atoms with Crippen LogP contribution in [0.2, 0.25) is 0 Å². The highest BCUT2D eigenvalue weighted by atomic mass is 16.5. The first-order chi connectivity index (χ1) is 20.7. The summed E-state index contributed by atoms with van der Waals surface area (Å²) in [4.78, 5) is 35.2. The molecule has 0 rings (SSSR count). The zero-order valence-electron chi connectivity index (χ0n) is 27.7. The van der Waals surface area contributed by atoms with Crippen molar-refractivity contribution in [1.29, 1.82) is 0 Å². The number of rotatable bonds is 34. The van der Waals surface area contributed by atoms with Crippen LogP contribution in [0.25, 0.3) is 0 Å². The maximum absolute atomic E-state index is 12.5. The van der Waals surface area contributed by atoms with Gasteiger partial charge in [0.2, 0.25) is 0 Å². The number of ether oxygens (including phenoxy) is 3. The lowest BCUT2D eigenvalue weighted by Crippen LogP contribution is -2.26. The molecule has 1 unspecified atom stereocenters. The molecule has 0 heterocycles. The maximum atomic E-state index is 12.5. The Morgan fingerprint density at radius 3 is 1.19 bits per heavy atom. The molecule has 0 aromatic carbocycles. The van der Waals surface area contributed by atoms with Crippen LogP contribution in [0.15, 0.2) is 0 Å². The lowest BCUT2D eigenvalue weighted by Gasteiger charge is -2.14. The molecule has 0 aliphatic carbocycles. The van der Waals surface area contributed by atoms with Crippen LogP contribution in [-0.4, -0.2) is 38.2 Å². The first-order valence-electron chi connectivity index (χ1n) is 18.0. The molecule has 0 saturated carbocycles. The lowest BCUT2D eigenvalue weighted by atomic mass is 10.0. The van der Waals surface area contributed by atoms with Crippen LogP contribution in [-0.2, 0) is 28.6 Å². The van der Waals surface area contributed by atoms with Gasteiger partial charge in [0.15, 0.2) is 0 Å². The smallest absolute Gasteiger partial charge is 0.417 e. The van der Waals surface area contributed by atoms with Gasteiger partial charge in [-0.2, -0.15) is 0 Å². The quantitative estimate of drug-likeness (QED) is 0.0418. The van der Waals surface area contributed by atoms with E-state index in [4.69, 9.17) is 9.47 Å². The second kappa shape index (κ2) is 33.9. The Kier molecular flexibility index (Phi) is 32.6. The molecule has 0 aliphatic rings. The SMILES string of the molecule is CCCCCCCCCCCCCCCOC(=O)CC(CO[C]=O)C(=O)OCCCCCCCCCCCCCCC. The van der Waals surface area contributed by atoms with Gasteiger partial charge in [0, 0.05) is 0 Å². The van der Waals surface area contributed by atoms with Crippen LogP contribution < -0.4 is 0 Å². The molecule has 42 heavy (non-hydrogen) atoms. The van der Waals surface area contributed by atoms with E-state index in [0.717, 1.165) is 38.5 Å². The minimum Gasteiger partial charge on any atom is -0.466 e. The van der Waals surface area contributed by atoms with Gasteiger partial charge < -0.3 is 14.2 Å². The van der Waals surface area contributed by atoms with E-state index in [-0.39, 0.29) is 13.0 Å². The van der Waals surface area contributed by atoms with E-state index in [0.29, 0.717) is 13.2 Å². The minimum absolute atomic E-state index is 0.141. The highest BCUT2D eigenvalue weighted by molar-refractivity contribution is 5.80. The standard InChI is InChI=1S/C36H67O6/c1-3-5-7-9-11-13-15-17-19-21-23-25-27-29-41-35(38)31-34(32-40-33-37)36(39)42-30-28-26-24-22-20-18-16-14-12-10-8-6-4-2/h34H,3-32H2,1-2H3. The van der Waals surface area contributed by atoms with E-state index < -0.39 is 17.9 Å². The van der Waals surface area contributed by atoms with Crippen LogP contribution in [0.1, 0.15) is 187 Å². The van der Waals surface area contributed by atoms with Crippen molar-refractivity contribution < 1.29 is 28.6 Å². The number of carbonyl (C=O) groups excluding carboxylic acids is 3. The van der Waals surface area contributed by atoms with Crippen LogP contribution in [0, 0.1) is 5.92 Å². The largest absolute Gasteiger partial charge is 0.466 e. The fourth-order valence-electron chi connectivity index (χ4n) is 5.32. The van der Waals surface area contributed by atoms with Gasteiger partial charge >= 0.3 is 18.4 Å². The van der Waals surface area contributed by atoms with Crippen LogP contribution in [0.3, 0.4) is 0 Å². The Bertz CT molecular complexity index is 593. The zero-order valence-corrected chi connectivity index (χ0v) is 27.7. The zero-order chi connectivity index (χ0) is 30.8. The first-order valence-corrected chi connectivity index (χ1v) is 18.0. The summed E-state index contributed by atoms with van der Waals surface area (Å²) < 4.78 is 15.4. The van der Waals surface area contributed by atoms with Crippen molar-refractivity contribution in [3.8, 4) is 0 Å². The first kappa shape index (κ1) is 40.4. The second-order valence-electron chi connectivity index (χ2n) is 12.2. The third-order valence-corrected chi connectivity index (χ3v) is 8.09. The molecule has 1 atom stereocenters. The predicted molar refractivity (Wildman–Crippen MR) is 173 cm³/mol. The summed E-state index contributed by atoms with van der Waals surface area (Å²) in [6.07, 6.45) is 32.6. The minimum atomic E-state index is -0.840. The van der Waals surface area contributed by atoms with Gasteiger partial charge in [0.1, 0.15) is 12.5 Å². The molecule has 0 aromatic heterocycles. The molecule has 0 aliphatic heterocycles. The molecule has 0 saturated heterocycles. The highest BCUT2D eigenvalue weighted by Gasteiger charge is 2.25. The van der Waals surface area contributed by atoms with Crippen molar-refractivity contribution in [2.45, 2.75) is 187 Å². The molecule has 247 valence electrons. The maximum Gasteiger partial charge on any atom is 0.417 e. The van der Waals surface area contributed by atoms with E-state index in [1.165, 1.54) is 135 Å². The summed E-state index contributed by atoms with van der Waals surface area (Å²) >= 11 is 0. The number of hydrogen-bond donors (Lipinski definition) is 0. The fraction of sp³-hybridized carbons (Fsp3) is 0.917. The molecule has 0 bridgehead atoms. The number of carbonyl (C=O) groups is 2. The van der Waals surface area contributed by atoms with Gasteiger partial charge in [-0.25, -0.2) is 4.79 Å². The van der Waals surface area contributed by atoms with Gasteiger partial charge in [-0.05, 0) is 12.8 Å². The molecule has 1 radical (unpaired) electrons. The van der Waals surface area contributed by atoms with Gasteiger partial charge in [-0.1, -0.05) is 168 Å². The predicted octanol–water partition coefficient (Wildman–Crippen LogP) is 10.3. The van der Waals surface area contributed by atoms with Crippen molar-refractivity contribution in [3.63, 3.8) is 0 Å². The molecule has 0 fully saturated rings. The number of hydrogen-bond acceptors (Lipinski definition) is 6. The average molecular weight is 596 g/mol. The summed E-state index contributed by atoms with van der Waals surface area (Å²) in [7, 11) is 0. The summed E-state index contributed by atoms with van der Waals surface area (Å²) in [5.41, 5.74) is 0. The third-order valence-electron chi connectivity index (χ3n) is 8.09. The third kappa shape index (κ3) is 29.9. The molecule has 0 spiro atoms. The lowest BCUT2D eigenvalue weighted by molar-refractivity contribution is -0.156. The van der Waals surface area contributed by atoms with E-state index in [1.54, 1.807) is 0 Å². The van der Waals surface area contributed by atoms with Crippen molar-refractivity contribution in [1.82, 2.24) is 0 Å². The van der Waals surface area contributed by atoms with Crippen LogP contribution in [0.4, 0.5) is 0 Å². The summed E-state index contributed by atoms with van der Waals surface area (Å²) in [5, 5.41) is 0. The second-order valence-corrected chi connectivity index (χ2v) is 12.2. The highest BCUT2D eigenvalue weighted by Crippen LogP contribution is 2.15. The Labute approximate surface area is 259 Å². The molecule has 6 nitrogen and oxygen atoms in total. The topological polar surface area (TPSA) is 78.9 Å². The Balaban J connectivity index is 3.75. The Hall–Kier alpha value is -1.59. The van der Waals surface area contributed by atoms with E-state index >= 15 is 0 Å². The Morgan fingerprint density at radius 1 is 0.500 bits per heavy atom. The van der Waals surface area contributed by atoms with E-state index in [1.807, 2.05) is 0 Å². The van der Waals surface area contributed by atoms with Crippen molar-refractivity contribution in [2.24, 2.45) is 5.92 Å². The summed E-state index contributed by atoms with van der Waals surface area (Å²) in [6.45, 7) is 6.32. The van der Waals surface area contributed by atoms with E-state index in [9.17, 15) is 14.4 Å². The van der Waals surface area contributed by atoms with Crippen molar-refractivity contribution in [2.75, 3.05) is 19.8 Å². The molecule has 6 heteroatoms.